The molecule has 0 unspecified atom stereocenters. The van der Waals surface area contributed by atoms with Crippen molar-refractivity contribution in [2.24, 2.45) is 0 Å². The number of carbonyl (C=O) groups excluding carboxylic acids is 2. The molecule has 0 saturated carbocycles. The lowest BCUT2D eigenvalue weighted by Crippen LogP contribution is -2.25. The lowest BCUT2D eigenvalue weighted by Gasteiger charge is -2.05. The van der Waals surface area contributed by atoms with E-state index in [-0.39, 0.29) is 16.8 Å². The number of hydrogen-bond acceptors (Lipinski definition) is 4. The van der Waals surface area contributed by atoms with E-state index in [0.29, 0.717) is 0 Å². The minimum Gasteiger partial charge on any atom is -0.294 e. The van der Waals surface area contributed by atoms with E-state index in [9.17, 15) is 32.9 Å². The van der Waals surface area contributed by atoms with Crippen LogP contribution >= 0.6 is 0 Å². The van der Waals surface area contributed by atoms with Gasteiger partial charge in [0, 0.05) is 17.2 Å². The standard InChI is InChI=1S/C11H8F3NO4/c1-6-4-7(2-3-8(6)15(18)19)9(16)5-10(17)11(12,13)14/h2-4H,5H2,1H3. The highest BCUT2D eigenvalue weighted by Gasteiger charge is 2.39. The predicted octanol–water partition coefficient (Wildman–Crippen LogP) is 2.61. The van der Waals surface area contributed by atoms with Crippen LogP contribution in [0.5, 0.6) is 0 Å². The van der Waals surface area contributed by atoms with Gasteiger partial charge in [0.05, 0.1) is 11.3 Å². The molecule has 19 heavy (non-hydrogen) atoms. The third-order valence-electron chi connectivity index (χ3n) is 2.35. The van der Waals surface area contributed by atoms with Crippen molar-refractivity contribution in [3.8, 4) is 0 Å². The van der Waals surface area contributed by atoms with Crippen molar-refractivity contribution < 1.29 is 27.7 Å². The molecule has 0 fully saturated rings. The van der Waals surface area contributed by atoms with Gasteiger partial charge in [0.1, 0.15) is 0 Å². The molecule has 102 valence electrons. The summed E-state index contributed by atoms with van der Waals surface area (Å²) in [6.45, 7) is 1.35. The lowest BCUT2D eigenvalue weighted by molar-refractivity contribution is -0.385. The first-order valence-corrected chi connectivity index (χ1v) is 5.01. The van der Waals surface area contributed by atoms with Crippen molar-refractivity contribution >= 4 is 17.3 Å². The molecule has 0 N–H and O–H groups in total. The fourth-order valence-electron chi connectivity index (χ4n) is 1.38. The maximum absolute atomic E-state index is 12.0. The van der Waals surface area contributed by atoms with E-state index in [1.807, 2.05) is 0 Å². The number of carbonyl (C=O) groups is 2. The maximum atomic E-state index is 12.0. The summed E-state index contributed by atoms with van der Waals surface area (Å²) >= 11 is 0. The van der Waals surface area contributed by atoms with Crippen LogP contribution in [0.2, 0.25) is 0 Å². The third-order valence-corrected chi connectivity index (χ3v) is 2.35. The van der Waals surface area contributed by atoms with Crippen LogP contribution in [0.25, 0.3) is 0 Å². The largest absolute Gasteiger partial charge is 0.450 e. The molecule has 0 spiro atoms. The molecule has 1 rings (SSSR count). The lowest BCUT2D eigenvalue weighted by atomic mass is 10.0. The van der Waals surface area contributed by atoms with Crippen molar-refractivity contribution in [2.45, 2.75) is 19.5 Å². The average Bonchev–Trinajstić information content (AvgIpc) is 2.26. The summed E-state index contributed by atoms with van der Waals surface area (Å²) in [5, 5.41) is 10.5. The zero-order valence-electron chi connectivity index (χ0n) is 9.65. The van der Waals surface area contributed by atoms with Gasteiger partial charge in [-0.05, 0) is 19.1 Å². The van der Waals surface area contributed by atoms with E-state index >= 15 is 0 Å². The molecule has 1 aromatic rings. The van der Waals surface area contributed by atoms with Gasteiger partial charge in [-0.2, -0.15) is 13.2 Å². The van der Waals surface area contributed by atoms with E-state index < -0.39 is 29.1 Å². The van der Waals surface area contributed by atoms with Crippen LogP contribution < -0.4 is 0 Å². The Hall–Kier alpha value is -2.25. The normalized spacial score (nSPS) is 11.2. The first kappa shape index (κ1) is 14.8. The Balaban J connectivity index is 2.93. The molecule has 0 bridgehead atoms. The molecule has 0 radical (unpaired) electrons. The van der Waals surface area contributed by atoms with Gasteiger partial charge in [-0.1, -0.05) is 0 Å². The number of alkyl halides is 3. The van der Waals surface area contributed by atoms with Gasteiger partial charge in [0.25, 0.3) is 5.69 Å². The van der Waals surface area contributed by atoms with Gasteiger partial charge in [0.15, 0.2) is 5.78 Å². The highest BCUT2D eigenvalue weighted by Crippen LogP contribution is 2.22. The van der Waals surface area contributed by atoms with E-state index in [2.05, 4.69) is 0 Å². The molecule has 5 nitrogen and oxygen atoms in total. The van der Waals surface area contributed by atoms with Crippen LogP contribution in [0.4, 0.5) is 18.9 Å². The first-order chi connectivity index (χ1) is 8.62. The fourth-order valence-corrected chi connectivity index (χ4v) is 1.38. The number of hydrogen-bond donors (Lipinski definition) is 0. The second-order valence-corrected chi connectivity index (χ2v) is 3.78. The van der Waals surface area contributed by atoms with Crippen LogP contribution in [0.1, 0.15) is 22.3 Å². The Morgan fingerprint density at radius 2 is 1.89 bits per heavy atom. The van der Waals surface area contributed by atoms with Gasteiger partial charge < -0.3 is 0 Å². The molecule has 0 aromatic heterocycles. The molecule has 0 atom stereocenters. The Labute approximate surface area is 105 Å². The van der Waals surface area contributed by atoms with E-state index in [1.54, 1.807) is 0 Å². The van der Waals surface area contributed by atoms with Crippen molar-refractivity contribution in [1.82, 2.24) is 0 Å². The number of halogens is 3. The number of ketones is 2. The van der Waals surface area contributed by atoms with Gasteiger partial charge in [-0.25, -0.2) is 0 Å². The van der Waals surface area contributed by atoms with Crippen molar-refractivity contribution in [2.75, 3.05) is 0 Å². The summed E-state index contributed by atoms with van der Waals surface area (Å²) in [5.41, 5.74) is -0.283. The van der Waals surface area contributed by atoms with Crippen LogP contribution in [0, 0.1) is 17.0 Å². The number of rotatable bonds is 4. The molecule has 0 aliphatic carbocycles. The molecular weight excluding hydrogens is 267 g/mol. The molecule has 0 saturated heterocycles. The quantitative estimate of drug-likeness (QED) is 0.366. The second kappa shape index (κ2) is 5.17. The summed E-state index contributed by atoms with van der Waals surface area (Å²) in [7, 11) is 0. The summed E-state index contributed by atoms with van der Waals surface area (Å²) in [6.07, 6.45) is -6.37. The summed E-state index contributed by atoms with van der Waals surface area (Å²) in [4.78, 5) is 32.0. The number of nitro benzene ring substituents is 1. The fraction of sp³-hybridized carbons (Fsp3) is 0.273. The number of aryl methyl sites for hydroxylation is 1. The number of nitrogens with zero attached hydrogens (tertiary/aromatic N) is 1. The number of nitro groups is 1. The zero-order valence-corrected chi connectivity index (χ0v) is 9.65. The Morgan fingerprint density at radius 3 is 2.32 bits per heavy atom. The maximum Gasteiger partial charge on any atom is 0.450 e. The monoisotopic (exact) mass is 275 g/mol. The molecular formula is C11H8F3NO4. The van der Waals surface area contributed by atoms with Crippen LogP contribution in [0.3, 0.4) is 0 Å². The number of benzene rings is 1. The molecule has 0 aliphatic heterocycles. The highest BCUT2D eigenvalue weighted by atomic mass is 19.4. The van der Waals surface area contributed by atoms with Crippen LogP contribution in [-0.2, 0) is 4.79 Å². The Bertz CT molecular complexity index is 551. The molecule has 8 heteroatoms. The summed E-state index contributed by atoms with van der Waals surface area (Å²) in [6, 6.07) is 3.13. The summed E-state index contributed by atoms with van der Waals surface area (Å²) < 4.78 is 36.0. The van der Waals surface area contributed by atoms with Gasteiger partial charge >= 0.3 is 6.18 Å². The minimum absolute atomic E-state index is 0.135. The Morgan fingerprint density at radius 1 is 1.32 bits per heavy atom. The first-order valence-electron chi connectivity index (χ1n) is 5.01. The molecule has 1 aromatic carbocycles. The van der Waals surface area contributed by atoms with Crippen LogP contribution in [0.15, 0.2) is 18.2 Å². The van der Waals surface area contributed by atoms with Gasteiger partial charge in [-0.3, -0.25) is 19.7 Å². The average molecular weight is 275 g/mol. The third kappa shape index (κ3) is 3.60. The van der Waals surface area contributed by atoms with E-state index in [4.69, 9.17) is 0 Å². The molecule has 0 aliphatic rings. The zero-order chi connectivity index (χ0) is 14.8. The smallest absolute Gasteiger partial charge is 0.294 e. The SMILES string of the molecule is Cc1cc(C(=O)CC(=O)C(F)(F)F)ccc1[N+](=O)[O-]. The minimum atomic E-state index is -5.06. The second-order valence-electron chi connectivity index (χ2n) is 3.78. The van der Waals surface area contributed by atoms with Gasteiger partial charge in [0.2, 0.25) is 5.78 Å². The van der Waals surface area contributed by atoms with Crippen molar-refractivity contribution in [1.29, 1.82) is 0 Å². The highest BCUT2D eigenvalue weighted by molar-refractivity contribution is 6.09. The molecule has 0 amide bonds. The van der Waals surface area contributed by atoms with Crippen LogP contribution in [-0.4, -0.2) is 22.7 Å². The summed E-state index contributed by atoms with van der Waals surface area (Å²) in [5.74, 6) is -3.17. The van der Waals surface area contributed by atoms with Gasteiger partial charge in [-0.15, -0.1) is 0 Å². The topological polar surface area (TPSA) is 77.3 Å². The van der Waals surface area contributed by atoms with Crippen molar-refractivity contribution in [3.63, 3.8) is 0 Å². The van der Waals surface area contributed by atoms with E-state index in [1.165, 1.54) is 6.92 Å². The Kier molecular flexibility index (Phi) is 4.03. The predicted molar refractivity (Wildman–Crippen MR) is 57.8 cm³/mol. The molecule has 0 heterocycles. The van der Waals surface area contributed by atoms with Crippen molar-refractivity contribution in [3.05, 3.63) is 39.4 Å². The number of Topliss-reactive ketones (excluding diaryl/α,β-unsaturated/α-hetero) is 2. The van der Waals surface area contributed by atoms with E-state index in [0.717, 1.165) is 18.2 Å².